The molecule has 1 aliphatic rings. The predicted molar refractivity (Wildman–Crippen MR) is 71.9 cm³/mol. The van der Waals surface area contributed by atoms with Crippen molar-refractivity contribution in [3.8, 4) is 0 Å². The highest BCUT2D eigenvalue weighted by molar-refractivity contribution is 7.17. The van der Waals surface area contributed by atoms with Crippen molar-refractivity contribution < 1.29 is 0 Å². The molecule has 2 aromatic rings. The average molecular weight is 229 g/mol. The van der Waals surface area contributed by atoms with Crippen LogP contribution in [-0.2, 0) is 0 Å². The van der Waals surface area contributed by atoms with E-state index in [9.17, 15) is 0 Å². The van der Waals surface area contributed by atoms with Crippen LogP contribution in [0.5, 0.6) is 0 Å². The van der Waals surface area contributed by atoms with Crippen LogP contribution in [0, 0.1) is 0 Å². The van der Waals surface area contributed by atoms with Gasteiger partial charge in [-0.05, 0) is 53.4 Å². The van der Waals surface area contributed by atoms with Crippen LogP contribution in [0.25, 0.3) is 15.7 Å². The summed E-state index contributed by atoms with van der Waals surface area (Å²) in [5.74, 6) is 0. The van der Waals surface area contributed by atoms with Crippen LogP contribution in [0.1, 0.15) is 18.9 Å². The third kappa shape index (κ3) is 1.79. The Labute approximate surface area is 99.8 Å². The van der Waals surface area contributed by atoms with Crippen molar-refractivity contribution in [1.29, 1.82) is 0 Å². The lowest BCUT2D eigenvalue weighted by Gasteiger charge is -2.21. The number of hydrogen-bond acceptors (Lipinski definition) is 2. The third-order valence-corrected chi connectivity index (χ3v) is 4.06. The van der Waals surface area contributed by atoms with Crippen molar-refractivity contribution in [2.75, 3.05) is 6.54 Å². The van der Waals surface area contributed by atoms with Crippen LogP contribution < -0.4 is 5.32 Å². The molecule has 0 bridgehead atoms. The zero-order valence-electron chi connectivity index (χ0n) is 9.36. The SMILES string of the molecule is CC1CC(c2ccc3sccc3c2)=CCN1. The Morgan fingerprint density at radius 1 is 1.31 bits per heavy atom. The standard InChI is InChI=1S/C14H15NS/c1-10-8-12(4-6-15-10)11-2-3-14-13(9-11)5-7-16-14/h2-5,7,9-10,15H,6,8H2,1H3. The molecule has 1 unspecified atom stereocenters. The van der Waals surface area contributed by atoms with Crippen molar-refractivity contribution in [2.24, 2.45) is 0 Å². The Kier molecular flexibility index (Phi) is 2.54. The third-order valence-electron chi connectivity index (χ3n) is 3.16. The number of hydrogen-bond donors (Lipinski definition) is 1. The molecule has 1 aromatic carbocycles. The first-order valence-corrected chi connectivity index (χ1v) is 6.61. The van der Waals surface area contributed by atoms with Gasteiger partial charge in [-0.1, -0.05) is 12.1 Å². The summed E-state index contributed by atoms with van der Waals surface area (Å²) in [5.41, 5.74) is 2.87. The highest BCUT2D eigenvalue weighted by Crippen LogP contribution is 2.28. The summed E-state index contributed by atoms with van der Waals surface area (Å²) in [4.78, 5) is 0. The van der Waals surface area contributed by atoms with E-state index in [-0.39, 0.29) is 0 Å². The van der Waals surface area contributed by atoms with Crippen molar-refractivity contribution in [1.82, 2.24) is 5.32 Å². The van der Waals surface area contributed by atoms with E-state index in [1.165, 1.54) is 21.2 Å². The number of rotatable bonds is 1. The van der Waals surface area contributed by atoms with Gasteiger partial charge >= 0.3 is 0 Å². The molecule has 0 amide bonds. The number of fused-ring (bicyclic) bond motifs is 1. The fourth-order valence-corrected chi connectivity index (χ4v) is 3.04. The van der Waals surface area contributed by atoms with Crippen LogP contribution in [0.15, 0.2) is 35.7 Å². The molecule has 1 N–H and O–H groups in total. The number of thiophene rings is 1. The summed E-state index contributed by atoms with van der Waals surface area (Å²) in [6.07, 6.45) is 3.45. The lowest BCUT2D eigenvalue weighted by Crippen LogP contribution is -2.29. The van der Waals surface area contributed by atoms with E-state index < -0.39 is 0 Å². The quantitative estimate of drug-likeness (QED) is 0.786. The molecule has 1 aromatic heterocycles. The Morgan fingerprint density at radius 2 is 2.25 bits per heavy atom. The molecular weight excluding hydrogens is 214 g/mol. The van der Waals surface area contributed by atoms with Crippen molar-refractivity contribution in [3.05, 3.63) is 41.3 Å². The van der Waals surface area contributed by atoms with Gasteiger partial charge < -0.3 is 5.32 Å². The van der Waals surface area contributed by atoms with Crippen LogP contribution in [-0.4, -0.2) is 12.6 Å². The molecule has 3 rings (SSSR count). The molecule has 2 heteroatoms. The predicted octanol–water partition coefficient (Wildman–Crippen LogP) is 3.67. The molecule has 1 nitrogen and oxygen atoms in total. The largest absolute Gasteiger partial charge is 0.310 e. The fourth-order valence-electron chi connectivity index (χ4n) is 2.27. The molecule has 2 heterocycles. The molecule has 0 fully saturated rings. The van der Waals surface area contributed by atoms with Crippen molar-refractivity contribution in [3.63, 3.8) is 0 Å². The molecule has 16 heavy (non-hydrogen) atoms. The summed E-state index contributed by atoms with van der Waals surface area (Å²) in [5, 5.41) is 6.97. The van der Waals surface area contributed by atoms with Gasteiger partial charge in [0.1, 0.15) is 0 Å². The number of benzene rings is 1. The van der Waals surface area contributed by atoms with E-state index in [2.05, 4.69) is 48.0 Å². The first-order chi connectivity index (χ1) is 7.83. The van der Waals surface area contributed by atoms with E-state index in [1.807, 2.05) is 11.3 Å². The first kappa shape index (κ1) is 10.1. The van der Waals surface area contributed by atoms with Crippen molar-refractivity contribution in [2.45, 2.75) is 19.4 Å². The van der Waals surface area contributed by atoms with Gasteiger partial charge in [0.05, 0.1) is 0 Å². The molecule has 0 spiro atoms. The Bertz CT molecular complexity index is 538. The average Bonchev–Trinajstić information content (AvgIpc) is 2.75. The molecular formula is C14H15NS. The van der Waals surface area contributed by atoms with Crippen molar-refractivity contribution >= 4 is 27.0 Å². The molecule has 1 atom stereocenters. The van der Waals surface area contributed by atoms with E-state index in [0.717, 1.165) is 13.0 Å². The summed E-state index contributed by atoms with van der Waals surface area (Å²) in [6.45, 7) is 3.24. The zero-order chi connectivity index (χ0) is 11.0. The van der Waals surface area contributed by atoms with Crippen LogP contribution >= 0.6 is 11.3 Å². The monoisotopic (exact) mass is 229 g/mol. The maximum Gasteiger partial charge on any atom is 0.0343 e. The maximum absolute atomic E-state index is 3.44. The van der Waals surface area contributed by atoms with Crippen LogP contribution in [0.2, 0.25) is 0 Å². The Hall–Kier alpha value is -1.12. The lowest BCUT2D eigenvalue weighted by atomic mass is 9.95. The Balaban J connectivity index is 2.01. The topological polar surface area (TPSA) is 12.0 Å². The summed E-state index contributed by atoms with van der Waals surface area (Å²) in [6, 6.07) is 9.61. The van der Waals surface area contributed by atoms with Crippen LogP contribution in [0.3, 0.4) is 0 Å². The molecule has 0 saturated carbocycles. The molecule has 82 valence electrons. The molecule has 0 saturated heterocycles. The Morgan fingerprint density at radius 3 is 3.12 bits per heavy atom. The smallest absolute Gasteiger partial charge is 0.0343 e. The minimum atomic E-state index is 0.596. The minimum absolute atomic E-state index is 0.596. The normalized spacial score (nSPS) is 21.1. The van der Waals surface area contributed by atoms with E-state index >= 15 is 0 Å². The van der Waals surface area contributed by atoms with Gasteiger partial charge in [0.2, 0.25) is 0 Å². The summed E-state index contributed by atoms with van der Waals surface area (Å²) >= 11 is 1.81. The van der Waals surface area contributed by atoms with Gasteiger partial charge in [-0.25, -0.2) is 0 Å². The van der Waals surface area contributed by atoms with Gasteiger partial charge in [0.25, 0.3) is 0 Å². The second-order valence-corrected chi connectivity index (χ2v) is 5.36. The minimum Gasteiger partial charge on any atom is -0.310 e. The van der Waals surface area contributed by atoms with Gasteiger partial charge in [0.15, 0.2) is 0 Å². The van der Waals surface area contributed by atoms with Gasteiger partial charge in [-0.15, -0.1) is 11.3 Å². The van der Waals surface area contributed by atoms with E-state index in [4.69, 9.17) is 0 Å². The molecule has 0 radical (unpaired) electrons. The maximum atomic E-state index is 3.44. The molecule has 1 aliphatic heterocycles. The van der Waals surface area contributed by atoms with E-state index in [1.54, 1.807) is 0 Å². The zero-order valence-corrected chi connectivity index (χ0v) is 10.2. The van der Waals surface area contributed by atoms with Gasteiger partial charge in [0, 0.05) is 17.3 Å². The number of nitrogens with one attached hydrogen (secondary N) is 1. The summed E-state index contributed by atoms with van der Waals surface area (Å²) < 4.78 is 1.38. The second kappa shape index (κ2) is 4.04. The second-order valence-electron chi connectivity index (χ2n) is 4.42. The van der Waals surface area contributed by atoms with E-state index in [0.29, 0.717) is 6.04 Å². The highest BCUT2D eigenvalue weighted by atomic mass is 32.1. The van der Waals surface area contributed by atoms with Gasteiger partial charge in [-0.2, -0.15) is 0 Å². The van der Waals surface area contributed by atoms with Gasteiger partial charge in [-0.3, -0.25) is 0 Å². The highest BCUT2D eigenvalue weighted by Gasteiger charge is 2.11. The first-order valence-electron chi connectivity index (χ1n) is 5.73. The lowest BCUT2D eigenvalue weighted by molar-refractivity contribution is 0.579. The summed E-state index contributed by atoms with van der Waals surface area (Å²) in [7, 11) is 0. The fraction of sp³-hybridized carbons (Fsp3) is 0.286. The molecule has 0 aliphatic carbocycles. The van der Waals surface area contributed by atoms with Crippen LogP contribution in [0.4, 0.5) is 0 Å².